The normalized spacial score (nSPS) is 11.7. The van der Waals surface area contributed by atoms with Gasteiger partial charge in [0.15, 0.2) is 5.78 Å². The molecule has 1 amide bonds. The molecule has 0 aliphatic carbocycles. The van der Waals surface area contributed by atoms with E-state index in [1.54, 1.807) is 26.0 Å². The van der Waals surface area contributed by atoms with Crippen molar-refractivity contribution in [2.45, 2.75) is 45.4 Å². The number of halogens is 1. The average Bonchev–Trinajstić information content (AvgIpc) is 2.59. The lowest BCUT2D eigenvalue weighted by molar-refractivity contribution is -0.152. The molecule has 0 saturated heterocycles. The zero-order valence-corrected chi connectivity index (χ0v) is 14.8. The molecule has 0 aliphatic rings. The molecule has 0 radical (unpaired) electrons. The van der Waals surface area contributed by atoms with Gasteiger partial charge < -0.3 is 20.2 Å². The van der Waals surface area contributed by atoms with Crippen molar-refractivity contribution >= 4 is 23.9 Å². The van der Waals surface area contributed by atoms with Crippen LogP contribution in [0, 0.1) is 11.2 Å². The second-order valence-corrected chi connectivity index (χ2v) is 5.87. The maximum atomic E-state index is 12.8. The van der Waals surface area contributed by atoms with Crippen LogP contribution in [0.15, 0.2) is 24.3 Å². The summed E-state index contributed by atoms with van der Waals surface area (Å²) in [5.74, 6) is -2.00. The Labute approximate surface area is 151 Å². The molecular formula is C18H23FN2O5. The number of ketones is 1. The highest BCUT2D eigenvalue weighted by Crippen LogP contribution is 2.05. The molecule has 1 aromatic rings. The Morgan fingerprint density at radius 3 is 2.46 bits per heavy atom. The summed E-state index contributed by atoms with van der Waals surface area (Å²) < 4.78 is 23.1. The summed E-state index contributed by atoms with van der Waals surface area (Å²) >= 11 is 0. The van der Waals surface area contributed by atoms with E-state index in [4.69, 9.17) is 14.9 Å². The van der Waals surface area contributed by atoms with Gasteiger partial charge in [-0.1, -0.05) is 12.1 Å². The second-order valence-electron chi connectivity index (χ2n) is 5.87. The van der Waals surface area contributed by atoms with Gasteiger partial charge in [-0.25, -0.2) is 9.18 Å². The monoisotopic (exact) mass is 366 g/mol. The summed E-state index contributed by atoms with van der Waals surface area (Å²) in [5.41, 5.74) is 0.701. The molecule has 0 bridgehead atoms. The van der Waals surface area contributed by atoms with Gasteiger partial charge in [-0.05, 0) is 38.0 Å². The van der Waals surface area contributed by atoms with Crippen LogP contribution >= 0.6 is 0 Å². The molecule has 1 rings (SSSR count). The van der Waals surface area contributed by atoms with Gasteiger partial charge in [0.1, 0.15) is 18.5 Å². The maximum Gasteiger partial charge on any atom is 0.328 e. The fraction of sp³-hybridized carbons (Fsp3) is 0.444. The minimum absolute atomic E-state index is 0.0312. The molecule has 0 heterocycles. The first-order valence-corrected chi connectivity index (χ1v) is 8.17. The third-order valence-electron chi connectivity index (χ3n) is 3.23. The Bertz CT molecular complexity index is 631. The zero-order valence-electron chi connectivity index (χ0n) is 14.8. The molecule has 0 saturated carbocycles. The molecule has 0 spiro atoms. The van der Waals surface area contributed by atoms with Crippen LogP contribution in [-0.4, -0.2) is 42.6 Å². The van der Waals surface area contributed by atoms with E-state index in [1.807, 2.05) is 0 Å². The number of nitrogens with one attached hydrogen (secondary N) is 2. The van der Waals surface area contributed by atoms with Crippen LogP contribution < -0.4 is 5.32 Å². The summed E-state index contributed by atoms with van der Waals surface area (Å²) in [6.07, 6.45) is 0.273. The molecule has 0 unspecified atom stereocenters. The van der Waals surface area contributed by atoms with Crippen molar-refractivity contribution in [2.75, 3.05) is 6.61 Å². The highest BCUT2D eigenvalue weighted by molar-refractivity contribution is 6.26. The predicted octanol–water partition coefficient (Wildman–Crippen LogP) is 1.78. The average molecular weight is 366 g/mol. The quantitative estimate of drug-likeness (QED) is 0.459. The Morgan fingerprint density at radius 2 is 1.88 bits per heavy atom. The van der Waals surface area contributed by atoms with Gasteiger partial charge >= 0.3 is 5.97 Å². The van der Waals surface area contributed by atoms with Crippen LogP contribution in [0.3, 0.4) is 0 Å². The van der Waals surface area contributed by atoms with Gasteiger partial charge in [0.25, 0.3) is 0 Å². The third-order valence-corrected chi connectivity index (χ3v) is 3.23. The zero-order chi connectivity index (χ0) is 19.5. The molecule has 2 N–H and O–H groups in total. The smallest absolute Gasteiger partial charge is 0.328 e. The molecule has 0 aromatic heterocycles. The number of Topliss-reactive ketones (excluding diaryl/α,β-unsaturated/α-hetero) is 1. The number of amides is 1. The van der Waals surface area contributed by atoms with Gasteiger partial charge in [-0.15, -0.1) is 0 Å². The van der Waals surface area contributed by atoms with E-state index >= 15 is 0 Å². The Balaban J connectivity index is 2.51. The highest BCUT2D eigenvalue weighted by atomic mass is 19.1. The van der Waals surface area contributed by atoms with Gasteiger partial charge in [0, 0.05) is 6.42 Å². The third kappa shape index (κ3) is 8.48. The molecule has 7 nitrogen and oxygen atoms in total. The van der Waals surface area contributed by atoms with Crippen LogP contribution in [0.5, 0.6) is 0 Å². The number of hydrogen-bond donors (Lipinski definition) is 2. The van der Waals surface area contributed by atoms with Crippen molar-refractivity contribution in [1.29, 1.82) is 5.41 Å². The number of benzene rings is 1. The lowest BCUT2D eigenvalue weighted by Gasteiger charge is -2.18. The molecular weight excluding hydrogens is 343 g/mol. The van der Waals surface area contributed by atoms with E-state index in [0.29, 0.717) is 11.8 Å². The van der Waals surface area contributed by atoms with Crippen molar-refractivity contribution in [3.05, 3.63) is 35.6 Å². The van der Waals surface area contributed by atoms with E-state index in [2.05, 4.69) is 5.32 Å². The maximum absolute atomic E-state index is 12.8. The van der Waals surface area contributed by atoms with Gasteiger partial charge in [0.05, 0.1) is 18.9 Å². The lowest BCUT2D eigenvalue weighted by Crippen LogP contribution is -2.44. The van der Waals surface area contributed by atoms with E-state index in [9.17, 15) is 18.8 Å². The summed E-state index contributed by atoms with van der Waals surface area (Å²) in [5, 5.41) is 9.35. The Kier molecular flexibility index (Phi) is 9.14. The molecule has 142 valence electrons. The van der Waals surface area contributed by atoms with Crippen molar-refractivity contribution in [3.8, 4) is 0 Å². The number of hydrogen-bond acceptors (Lipinski definition) is 6. The summed E-state index contributed by atoms with van der Waals surface area (Å²) in [6, 6.07) is 4.66. The first kappa shape index (κ1) is 21.4. The highest BCUT2D eigenvalue weighted by Gasteiger charge is 2.23. The van der Waals surface area contributed by atoms with Crippen LogP contribution in [0.2, 0.25) is 0 Å². The summed E-state index contributed by atoms with van der Waals surface area (Å²) in [7, 11) is 0. The molecule has 1 atom stereocenters. The van der Waals surface area contributed by atoms with Gasteiger partial charge in [-0.2, -0.15) is 0 Å². The first-order chi connectivity index (χ1) is 12.3. The second kappa shape index (κ2) is 11.1. The van der Waals surface area contributed by atoms with E-state index in [1.165, 1.54) is 12.1 Å². The van der Waals surface area contributed by atoms with Crippen molar-refractivity contribution in [2.24, 2.45) is 0 Å². The van der Waals surface area contributed by atoms with Crippen LogP contribution in [0.1, 0.15) is 32.3 Å². The standard InChI is InChI=1S/C18H23FN2O5/c1-12(2)26-18(24)16(8-7-15(22)9-20)21-17(23)11-25-10-13-3-5-14(19)6-4-13/h3-6,9,12,16,20H,7-8,10-11H2,1-2H3,(H,21,23)/t16-/m0/s1. The number of ether oxygens (including phenoxy) is 2. The van der Waals surface area contributed by atoms with Crippen LogP contribution in [0.25, 0.3) is 0 Å². The molecule has 8 heteroatoms. The molecule has 0 fully saturated rings. The topological polar surface area (TPSA) is 106 Å². The van der Waals surface area contributed by atoms with Crippen LogP contribution in [0.4, 0.5) is 4.39 Å². The molecule has 0 aliphatic heterocycles. The van der Waals surface area contributed by atoms with Gasteiger partial charge in [0.2, 0.25) is 5.91 Å². The van der Waals surface area contributed by atoms with E-state index < -0.39 is 23.7 Å². The van der Waals surface area contributed by atoms with Gasteiger partial charge in [-0.3, -0.25) is 9.59 Å². The largest absolute Gasteiger partial charge is 0.461 e. The SMILES string of the molecule is CC(C)OC(=O)[C@H](CCC(=O)C=N)NC(=O)COCc1ccc(F)cc1. The Morgan fingerprint density at radius 1 is 1.23 bits per heavy atom. The fourth-order valence-electron chi connectivity index (χ4n) is 2.00. The number of carbonyl (C=O) groups excluding carboxylic acids is 3. The first-order valence-electron chi connectivity index (χ1n) is 8.17. The lowest BCUT2D eigenvalue weighted by atomic mass is 10.1. The fourth-order valence-corrected chi connectivity index (χ4v) is 2.00. The number of esters is 1. The van der Waals surface area contributed by atoms with E-state index in [0.717, 1.165) is 0 Å². The van der Waals surface area contributed by atoms with Crippen molar-refractivity contribution in [3.63, 3.8) is 0 Å². The predicted molar refractivity (Wildman–Crippen MR) is 92.2 cm³/mol. The molecule has 1 aromatic carbocycles. The van der Waals surface area contributed by atoms with E-state index in [-0.39, 0.29) is 38.0 Å². The van der Waals surface area contributed by atoms with Crippen molar-refractivity contribution < 1.29 is 28.2 Å². The van der Waals surface area contributed by atoms with Crippen molar-refractivity contribution in [1.82, 2.24) is 5.32 Å². The summed E-state index contributed by atoms with van der Waals surface area (Å²) in [6.45, 7) is 3.15. The minimum Gasteiger partial charge on any atom is -0.461 e. The number of rotatable bonds is 11. The number of carbonyl (C=O) groups is 3. The molecule has 26 heavy (non-hydrogen) atoms. The Hall–Kier alpha value is -2.61. The van der Waals surface area contributed by atoms with Crippen LogP contribution in [-0.2, 0) is 30.5 Å². The summed E-state index contributed by atoms with van der Waals surface area (Å²) in [4.78, 5) is 35.2. The minimum atomic E-state index is -0.997.